The number of aliphatic hydroxyl groups is 1. The van der Waals surface area contributed by atoms with Gasteiger partial charge in [-0.3, -0.25) is 9.59 Å². The second kappa shape index (κ2) is 9.81. The summed E-state index contributed by atoms with van der Waals surface area (Å²) < 4.78 is 0. The zero-order valence-corrected chi connectivity index (χ0v) is 15.9. The molecule has 0 saturated carbocycles. The van der Waals surface area contributed by atoms with Gasteiger partial charge in [-0.15, -0.1) is 0 Å². The summed E-state index contributed by atoms with van der Waals surface area (Å²) in [5.74, 6) is -0.266. The van der Waals surface area contributed by atoms with Gasteiger partial charge in [-0.1, -0.05) is 60.7 Å². The van der Waals surface area contributed by atoms with Crippen molar-refractivity contribution in [3.05, 3.63) is 82.9 Å². The lowest BCUT2D eigenvalue weighted by Gasteiger charge is -2.07. The Balaban J connectivity index is 1.39. The van der Waals surface area contributed by atoms with Crippen LogP contribution in [-0.4, -0.2) is 23.4 Å². The van der Waals surface area contributed by atoms with Crippen molar-refractivity contribution in [1.29, 1.82) is 0 Å². The van der Waals surface area contributed by atoms with E-state index in [0.29, 0.717) is 13.0 Å². The molecular formula is C24H25NO3. The van der Waals surface area contributed by atoms with E-state index >= 15 is 0 Å². The van der Waals surface area contributed by atoms with E-state index in [1.165, 1.54) is 22.8 Å². The summed E-state index contributed by atoms with van der Waals surface area (Å²) in [4.78, 5) is 23.2. The number of carbonyl (C=O) groups excluding carboxylic acids is 2. The molecule has 0 atom stereocenters. The van der Waals surface area contributed by atoms with Crippen LogP contribution >= 0.6 is 0 Å². The fourth-order valence-electron chi connectivity index (χ4n) is 3.31. The first-order chi connectivity index (χ1) is 13.7. The van der Waals surface area contributed by atoms with E-state index in [9.17, 15) is 9.59 Å². The predicted octanol–water partition coefficient (Wildman–Crippen LogP) is 3.69. The van der Waals surface area contributed by atoms with Crippen LogP contribution in [0.3, 0.4) is 0 Å². The van der Waals surface area contributed by atoms with E-state index in [0.717, 1.165) is 30.4 Å². The fourth-order valence-corrected chi connectivity index (χ4v) is 3.31. The number of amides is 1. The molecule has 1 amide bonds. The number of fused-ring (bicyclic) bond motifs is 1. The molecule has 2 aromatic carbocycles. The Morgan fingerprint density at radius 1 is 1.07 bits per heavy atom. The van der Waals surface area contributed by atoms with Crippen LogP contribution < -0.4 is 5.32 Å². The van der Waals surface area contributed by atoms with E-state index in [2.05, 4.69) is 35.7 Å². The molecule has 0 aliphatic heterocycles. The first kappa shape index (κ1) is 19.8. The lowest BCUT2D eigenvalue weighted by molar-refractivity contribution is -0.121. The average Bonchev–Trinajstić information content (AvgIpc) is 3.14. The van der Waals surface area contributed by atoms with Gasteiger partial charge in [-0.2, -0.15) is 0 Å². The number of hydrogen-bond acceptors (Lipinski definition) is 3. The van der Waals surface area contributed by atoms with Crippen LogP contribution in [0, 0.1) is 0 Å². The van der Waals surface area contributed by atoms with Gasteiger partial charge >= 0.3 is 0 Å². The van der Waals surface area contributed by atoms with Crippen molar-refractivity contribution in [2.45, 2.75) is 32.2 Å². The molecule has 0 heterocycles. The highest BCUT2D eigenvalue weighted by Gasteiger charge is 2.13. The molecule has 144 valence electrons. The van der Waals surface area contributed by atoms with Crippen LogP contribution in [0.2, 0.25) is 0 Å². The van der Waals surface area contributed by atoms with Crippen molar-refractivity contribution in [1.82, 2.24) is 5.32 Å². The molecule has 1 aliphatic carbocycles. The standard InChI is InChI=1S/C24H25NO3/c26-17-22(27)15-12-18-8-10-19(11-9-18)16-25-24(28)7-3-5-21-14-13-20-4-1-2-6-23(20)21/h1-2,4,6,8-12,14-15,26H,3,5,7,13,16-17H2,(H,25,28)/b15-12+. The zero-order chi connectivity index (χ0) is 19.8. The molecule has 1 aliphatic rings. The summed E-state index contributed by atoms with van der Waals surface area (Å²) in [6.07, 6.45) is 8.58. The van der Waals surface area contributed by atoms with Gasteiger partial charge in [-0.05, 0) is 53.2 Å². The summed E-state index contributed by atoms with van der Waals surface area (Å²) >= 11 is 0. The first-order valence-corrected chi connectivity index (χ1v) is 9.60. The number of aliphatic hydroxyl groups excluding tert-OH is 1. The molecule has 2 aromatic rings. The van der Waals surface area contributed by atoms with E-state index in [4.69, 9.17) is 5.11 Å². The van der Waals surface area contributed by atoms with E-state index in [1.807, 2.05) is 24.3 Å². The van der Waals surface area contributed by atoms with Crippen LogP contribution in [0.4, 0.5) is 0 Å². The highest BCUT2D eigenvalue weighted by molar-refractivity contribution is 5.94. The minimum Gasteiger partial charge on any atom is -0.388 e. The average molecular weight is 375 g/mol. The number of benzene rings is 2. The molecule has 2 N–H and O–H groups in total. The number of hydrogen-bond donors (Lipinski definition) is 2. The van der Waals surface area contributed by atoms with Crippen molar-refractivity contribution in [3.8, 4) is 0 Å². The Morgan fingerprint density at radius 3 is 2.64 bits per heavy atom. The van der Waals surface area contributed by atoms with Gasteiger partial charge in [0.25, 0.3) is 0 Å². The van der Waals surface area contributed by atoms with Crippen LogP contribution in [0.15, 0.2) is 60.7 Å². The van der Waals surface area contributed by atoms with Gasteiger partial charge in [0.05, 0.1) is 0 Å². The Labute approximate surface area is 165 Å². The van der Waals surface area contributed by atoms with Gasteiger partial charge in [-0.25, -0.2) is 0 Å². The predicted molar refractivity (Wildman–Crippen MR) is 111 cm³/mol. The monoisotopic (exact) mass is 375 g/mol. The minimum absolute atomic E-state index is 0.0596. The number of carbonyl (C=O) groups is 2. The number of rotatable bonds is 9. The van der Waals surface area contributed by atoms with Crippen LogP contribution in [-0.2, 0) is 22.6 Å². The van der Waals surface area contributed by atoms with Crippen molar-refractivity contribution in [2.75, 3.05) is 6.61 Å². The molecule has 0 bridgehead atoms. The zero-order valence-electron chi connectivity index (χ0n) is 15.9. The lowest BCUT2D eigenvalue weighted by Crippen LogP contribution is -2.22. The molecule has 0 radical (unpaired) electrons. The molecule has 28 heavy (non-hydrogen) atoms. The van der Waals surface area contributed by atoms with Crippen molar-refractivity contribution in [2.24, 2.45) is 0 Å². The summed E-state index contributed by atoms with van der Waals surface area (Å²) in [5.41, 5.74) is 5.94. The van der Waals surface area contributed by atoms with E-state index < -0.39 is 6.61 Å². The SMILES string of the molecule is O=C(/C=C/c1ccc(CNC(=O)CCCC2=CCc3ccccc32)cc1)CO. The topological polar surface area (TPSA) is 66.4 Å². The van der Waals surface area contributed by atoms with Crippen molar-refractivity contribution in [3.63, 3.8) is 0 Å². The van der Waals surface area contributed by atoms with E-state index in [-0.39, 0.29) is 11.7 Å². The smallest absolute Gasteiger partial charge is 0.220 e. The summed E-state index contributed by atoms with van der Waals surface area (Å²) in [5, 5.41) is 11.7. The Hall–Kier alpha value is -2.98. The summed E-state index contributed by atoms with van der Waals surface area (Å²) in [6, 6.07) is 16.1. The molecular weight excluding hydrogens is 350 g/mol. The Kier molecular flexibility index (Phi) is 6.93. The Bertz CT molecular complexity index is 894. The highest BCUT2D eigenvalue weighted by atomic mass is 16.3. The van der Waals surface area contributed by atoms with E-state index in [1.54, 1.807) is 6.08 Å². The van der Waals surface area contributed by atoms with Gasteiger partial charge in [0, 0.05) is 13.0 Å². The molecule has 4 heteroatoms. The maximum atomic E-state index is 12.1. The fraction of sp³-hybridized carbons (Fsp3) is 0.250. The number of ketones is 1. The summed E-state index contributed by atoms with van der Waals surface area (Å²) in [7, 11) is 0. The minimum atomic E-state index is -0.482. The van der Waals surface area contributed by atoms with Gasteiger partial charge < -0.3 is 10.4 Å². The maximum absolute atomic E-state index is 12.1. The maximum Gasteiger partial charge on any atom is 0.220 e. The van der Waals surface area contributed by atoms with Crippen LogP contribution in [0.1, 0.15) is 41.5 Å². The number of allylic oxidation sites excluding steroid dienone is 2. The Morgan fingerprint density at radius 2 is 1.86 bits per heavy atom. The second-order valence-electron chi connectivity index (χ2n) is 6.92. The van der Waals surface area contributed by atoms with Gasteiger partial charge in [0.15, 0.2) is 5.78 Å². The molecule has 4 nitrogen and oxygen atoms in total. The van der Waals surface area contributed by atoms with Crippen molar-refractivity contribution < 1.29 is 14.7 Å². The lowest BCUT2D eigenvalue weighted by atomic mass is 10.0. The van der Waals surface area contributed by atoms with Crippen LogP contribution in [0.25, 0.3) is 11.6 Å². The number of nitrogens with one attached hydrogen (secondary N) is 1. The second-order valence-corrected chi connectivity index (χ2v) is 6.92. The quantitative estimate of drug-likeness (QED) is 0.657. The highest BCUT2D eigenvalue weighted by Crippen LogP contribution is 2.30. The van der Waals surface area contributed by atoms with Crippen molar-refractivity contribution >= 4 is 23.3 Å². The molecule has 0 aromatic heterocycles. The first-order valence-electron chi connectivity index (χ1n) is 9.60. The largest absolute Gasteiger partial charge is 0.388 e. The third kappa shape index (κ3) is 5.51. The van der Waals surface area contributed by atoms with Gasteiger partial charge in [0.1, 0.15) is 6.61 Å². The molecule has 0 fully saturated rings. The normalized spacial score (nSPS) is 12.7. The summed E-state index contributed by atoms with van der Waals surface area (Å²) in [6.45, 7) is 0.00827. The molecule has 0 unspecified atom stereocenters. The van der Waals surface area contributed by atoms with Gasteiger partial charge in [0.2, 0.25) is 5.91 Å². The molecule has 0 spiro atoms. The molecule has 0 saturated heterocycles. The van der Waals surface area contributed by atoms with Crippen LogP contribution in [0.5, 0.6) is 0 Å². The molecule has 3 rings (SSSR count). The third-order valence-electron chi connectivity index (χ3n) is 4.87. The third-order valence-corrected chi connectivity index (χ3v) is 4.87.